The first-order valence-electron chi connectivity index (χ1n) is 32.1. The molecule has 14 heteroatoms. The van der Waals surface area contributed by atoms with Crippen LogP contribution in [0.1, 0.15) is 204 Å². The average Bonchev–Trinajstić information content (AvgIpc) is 4.15. The second-order valence-electron chi connectivity index (χ2n) is 30.1. The summed E-state index contributed by atoms with van der Waals surface area (Å²) < 4.78 is 40.2. The normalized spacial score (nSPS) is 44.9. The number of rotatable bonds is 14. The molecule has 13 nitrogen and oxygen atoms in total. The topological polar surface area (TPSA) is 211 Å². The van der Waals surface area contributed by atoms with Gasteiger partial charge in [-0.05, 0) is 249 Å². The van der Waals surface area contributed by atoms with Crippen molar-refractivity contribution < 1.29 is 41.9 Å². The molecule has 9 aliphatic carbocycles. The first-order chi connectivity index (χ1) is 37.9. The highest BCUT2D eigenvalue weighted by Gasteiger charge is 2.60. The van der Waals surface area contributed by atoms with Crippen molar-refractivity contribution in [3.05, 3.63) is 46.9 Å². The van der Waals surface area contributed by atoms with Crippen molar-refractivity contribution in [2.75, 3.05) is 45.8 Å². The van der Waals surface area contributed by atoms with Gasteiger partial charge < -0.3 is 25.4 Å². The fourth-order valence-corrected chi connectivity index (χ4v) is 21.0. The lowest BCUT2D eigenvalue weighted by Gasteiger charge is -2.56. The van der Waals surface area contributed by atoms with Crippen LogP contribution in [-0.2, 0) is 33.4 Å². The molecule has 21 atom stereocenters. The largest absolute Gasteiger partial charge is 0.466 e. The second-order valence-corrected chi connectivity index (χ2v) is 31.8. The molecule has 0 heterocycles. The Bertz CT molecular complexity index is 2430. The lowest BCUT2D eigenvalue weighted by Crippen LogP contribution is -2.52. The van der Waals surface area contributed by atoms with Gasteiger partial charge in [0.05, 0.1) is 32.2 Å². The van der Waals surface area contributed by atoms with Crippen LogP contribution in [-0.4, -0.2) is 82.4 Å². The van der Waals surface area contributed by atoms with Gasteiger partial charge in [-0.1, -0.05) is 110 Å². The van der Waals surface area contributed by atoms with Crippen LogP contribution in [0.25, 0.3) is 10.4 Å². The Morgan fingerprint density at radius 2 is 1.00 bits per heavy atom. The van der Waals surface area contributed by atoms with Gasteiger partial charge in [0.2, 0.25) is 0 Å². The number of aliphatic hydroxyl groups excluding tert-OH is 2. The maximum absolute atomic E-state index is 11.9. The predicted molar refractivity (Wildman–Crippen MR) is 323 cm³/mol. The van der Waals surface area contributed by atoms with Crippen LogP contribution < -0.4 is 5.73 Å². The summed E-state index contributed by atoms with van der Waals surface area (Å²) in [5.41, 5.74) is 20.3. The highest BCUT2D eigenvalue weighted by atomic mass is 32.2. The van der Waals surface area contributed by atoms with Gasteiger partial charge in [0.1, 0.15) is 0 Å². The lowest BCUT2D eigenvalue weighted by atomic mass is 9.49. The van der Waals surface area contributed by atoms with Crippen molar-refractivity contribution in [2.45, 2.75) is 210 Å². The number of esters is 2. The zero-order chi connectivity index (χ0) is 59.7. The van der Waals surface area contributed by atoms with E-state index in [0.29, 0.717) is 90.8 Å². The maximum atomic E-state index is 11.9. The first kappa shape index (κ1) is 65.8. The zero-order valence-electron chi connectivity index (χ0n) is 52.5. The molecular formula is C67H112N4O9S. The molecule has 0 amide bonds. The minimum Gasteiger partial charge on any atom is -0.466 e. The molecule has 6 unspecified atom stereocenters. The third-order valence-corrected chi connectivity index (χ3v) is 26.7. The van der Waals surface area contributed by atoms with E-state index >= 15 is 0 Å². The number of nitrogens with two attached hydrogens (primary N) is 1. The third kappa shape index (κ3) is 13.5. The molecule has 0 bridgehead atoms. The minimum atomic E-state index is -3.50. The molecule has 81 heavy (non-hydrogen) atoms. The fourth-order valence-electron chi connectivity index (χ4n) is 20.6. The van der Waals surface area contributed by atoms with Crippen LogP contribution in [0.15, 0.2) is 41.6 Å². The van der Waals surface area contributed by atoms with E-state index in [1.54, 1.807) is 0 Å². The molecule has 0 aromatic carbocycles. The van der Waals surface area contributed by atoms with E-state index in [-0.39, 0.29) is 75.6 Å². The Hall–Kier alpha value is -2.74. The molecule has 0 aromatic rings. The van der Waals surface area contributed by atoms with Crippen molar-refractivity contribution in [1.29, 1.82) is 0 Å². The lowest BCUT2D eigenvalue weighted by molar-refractivity contribution is -0.149. The Kier molecular flexibility index (Phi) is 21.2. The number of carbonyl (C=O) groups is 2. The molecule has 0 aliphatic heterocycles. The molecule has 9 fully saturated rings. The fraction of sp³-hybridized carbons (Fsp3) is 0.881. The Labute approximate surface area is 490 Å². The summed E-state index contributed by atoms with van der Waals surface area (Å²) in [4.78, 5) is 26.2. The molecule has 0 radical (unpaired) electrons. The number of azide groups is 1. The summed E-state index contributed by atoms with van der Waals surface area (Å²) in [5.74, 6) is 5.90. The number of nitrogens with zero attached hydrogens (tertiary/aromatic N) is 3. The van der Waals surface area contributed by atoms with Crippen molar-refractivity contribution >= 4 is 22.1 Å². The summed E-state index contributed by atoms with van der Waals surface area (Å²) in [6.45, 7) is 37.7. The zero-order valence-corrected chi connectivity index (χ0v) is 53.3. The van der Waals surface area contributed by atoms with E-state index in [0.717, 1.165) is 103 Å². The quantitative estimate of drug-likeness (QED) is 0.0374. The Morgan fingerprint density at radius 3 is 1.41 bits per heavy atom. The molecule has 4 N–H and O–H groups in total. The number of carbonyl (C=O) groups excluding carboxylic acids is 2. The number of hydrogen-bond acceptors (Lipinski definition) is 11. The van der Waals surface area contributed by atoms with Gasteiger partial charge in [0.15, 0.2) is 0 Å². The number of hydrogen-bond donors (Lipinski definition) is 3. The van der Waals surface area contributed by atoms with Gasteiger partial charge >= 0.3 is 11.9 Å². The summed E-state index contributed by atoms with van der Waals surface area (Å²) in [6.07, 6.45) is 24.0. The SMILES string of the molecule is C=C1CCC2[C@H](CN)C([C@@]3(C)CC[C@H](O)C[C@@H]3CO)CC[C@]12C.C=C1CCC2[C@H](CN=[N+]=[N-])C([C@@]3(C)CC[C@H](C)C[C@@H]3COC(C)=O)CC[C@]12C.C=C1CCC2[C@H](COS(C)(=O)=O)C([C@@]3(C)CC[C@H](C)C[C@@H]3COC(C)=O)CC[C@]12C. The summed E-state index contributed by atoms with van der Waals surface area (Å²) in [5, 5.41) is 24.1. The van der Waals surface area contributed by atoms with Crippen LogP contribution in [0.5, 0.6) is 0 Å². The average molecular weight is 1150 g/mol. The maximum Gasteiger partial charge on any atom is 0.302 e. The number of allylic oxidation sites excluding steroid dienone is 3. The van der Waals surface area contributed by atoms with E-state index in [2.05, 4.69) is 85.2 Å². The van der Waals surface area contributed by atoms with E-state index in [1.165, 1.54) is 75.5 Å². The predicted octanol–water partition coefficient (Wildman–Crippen LogP) is 14.4. The van der Waals surface area contributed by atoms with Crippen LogP contribution in [0.4, 0.5) is 0 Å². The van der Waals surface area contributed by atoms with Crippen molar-refractivity contribution in [2.24, 2.45) is 126 Å². The smallest absolute Gasteiger partial charge is 0.302 e. The molecule has 9 saturated carbocycles. The Balaban J connectivity index is 0.000000177. The van der Waals surface area contributed by atoms with E-state index in [1.807, 2.05) is 0 Å². The first-order valence-corrected chi connectivity index (χ1v) is 33.9. The van der Waals surface area contributed by atoms with Crippen molar-refractivity contribution in [3.63, 3.8) is 0 Å². The molecule has 460 valence electrons. The molecule has 9 aliphatic rings. The number of aliphatic hydroxyl groups is 2. The van der Waals surface area contributed by atoms with Crippen LogP contribution in [0.2, 0.25) is 0 Å². The number of ether oxygens (including phenoxy) is 2. The van der Waals surface area contributed by atoms with Gasteiger partial charge in [0, 0.05) is 31.9 Å². The second kappa shape index (κ2) is 26.1. The van der Waals surface area contributed by atoms with Crippen molar-refractivity contribution in [3.8, 4) is 0 Å². The van der Waals surface area contributed by atoms with Gasteiger partial charge in [-0.15, -0.1) is 0 Å². The highest BCUT2D eigenvalue weighted by Crippen LogP contribution is 2.67. The highest BCUT2D eigenvalue weighted by molar-refractivity contribution is 7.85. The monoisotopic (exact) mass is 1150 g/mol. The van der Waals surface area contributed by atoms with E-state index in [4.69, 9.17) is 24.9 Å². The molecule has 9 rings (SSSR count). The summed E-state index contributed by atoms with van der Waals surface area (Å²) in [6, 6.07) is 0. The minimum absolute atomic E-state index is 0.0126. The van der Waals surface area contributed by atoms with Crippen LogP contribution in [0, 0.1) is 115 Å². The van der Waals surface area contributed by atoms with Gasteiger partial charge in [0.25, 0.3) is 10.1 Å². The molecular weight excluding hydrogens is 1040 g/mol. The summed E-state index contributed by atoms with van der Waals surface area (Å²) in [7, 11) is -3.50. The standard InChI is InChI=1S/C24H40O5S.C23H37N3O2.C20H35NO2/c1-16-9-11-24(5,19(13-16)14-28-18(3)25)22-10-12-23(4)17(2)7-8-21(23)20(22)15-29-30(6,26)27;1-15-8-10-23(5,18(12-15)14-28-17(3)27)21-9-11-22(4)16(2)6-7-20(22)19(21)13-25-26-24;1-13-4-5-17-16(11-21)18(7-9-19(13,17)2)20(3)8-6-15(23)10-14(20)12-22/h16,19-22H,2,7-15H2,1,3-6H3;15,18-21H,2,6-14H2,1,3-5H3;14-18,22-23H,1,4-12,21H2,2-3H3/t16-,19+,20-,21?,22?,23+,24-;15-,18+,19-,20?,21?,22+,23-;14-,15+,16+,17?,18?,19-,20+/m001/s1. The van der Waals surface area contributed by atoms with Crippen LogP contribution >= 0.6 is 0 Å². The molecule has 0 aromatic heterocycles. The molecule has 0 saturated heterocycles. The van der Waals surface area contributed by atoms with Gasteiger partial charge in [-0.3, -0.25) is 13.8 Å². The van der Waals surface area contributed by atoms with Crippen LogP contribution in [0.3, 0.4) is 0 Å². The number of fused-ring (bicyclic) bond motifs is 3. The van der Waals surface area contributed by atoms with Gasteiger partial charge in [-0.2, -0.15) is 8.42 Å². The Morgan fingerprint density at radius 1 is 0.605 bits per heavy atom. The van der Waals surface area contributed by atoms with E-state index < -0.39 is 10.1 Å². The van der Waals surface area contributed by atoms with Crippen molar-refractivity contribution in [1.82, 2.24) is 0 Å². The van der Waals surface area contributed by atoms with E-state index in [9.17, 15) is 28.2 Å². The third-order valence-electron chi connectivity index (χ3n) is 26.1. The van der Waals surface area contributed by atoms with Gasteiger partial charge in [-0.25, -0.2) is 0 Å². The molecule has 0 spiro atoms. The summed E-state index contributed by atoms with van der Waals surface area (Å²) >= 11 is 0.